The number of carbonyl (C=O) groups excluding carboxylic acids is 1. The first-order valence-electron chi connectivity index (χ1n) is 6.52. The van der Waals surface area contributed by atoms with Gasteiger partial charge in [0.25, 0.3) is 0 Å². The quantitative estimate of drug-likeness (QED) is 0.676. The molecule has 1 unspecified atom stereocenters. The molecule has 0 spiro atoms. The third-order valence-corrected chi connectivity index (χ3v) is 3.20. The molecule has 0 aromatic heterocycles. The number of Topliss-reactive ketones (excluding diaryl/α,β-unsaturated/α-hetero) is 1. The van der Waals surface area contributed by atoms with Crippen LogP contribution in [0.25, 0.3) is 0 Å². The third kappa shape index (κ3) is 4.65. The minimum atomic E-state index is 0.118. The van der Waals surface area contributed by atoms with E-state index in [1.54, 1.807) is 26.4 Å². The van der Waals surface area contributed by atoms with E-state index in [2.05, 4.69) is 11.8 Å². The molecule has 0 heterocycles. The summed E-state index contributed by atoms with van der Waals surface area (Å²) in [5, 5.41) is 0. The summed E-state index contributed by atoms with van der Waals surface area (Å²) in [7, 11) is 3.29. The molecule has 0 aliphatic carbocycles. The first kappa shape index (κ1) is 15.7. The van der Waals surface area contributed by atoms with Gasteiger partial charge in [0, 0.05) is 18.7 Å². The van der Waals surface area contributed by atoms with Crippen molar-refractivity contribution in [3.8, 4) is 5.75 Å². The molecule has 1 aromatic carbocycles. The second-order valence-electron chi connectivity index (χ2n) is 4.52. The van der Waals surface area contributed by atoms with Crippen molar-refractivity contribution in [2.24, 2.45) is 0 Å². The molecule has 4 heteroatoms. The van der Waals surface area contributed by atoms with Crippen LogP contribution in [-0.4, -0.2) is 50.6 Å². The Bertz CT molecular complexity index is 389. The number of benzene rings is 1. The van der Waals surface area contributed by atoms with E-state index in [4.69, 9.17) is 9.47 Å². The Morgan fingerprint density at radius 1 is 1.26 bits per heavy atom. The van der Waals surface area contributed by atoms with Crippen molar-refractivity contribution in [2.45, 2.75) is 19.9 Å². The molecule has 0 N–H and O–H groups in total. The van der Waals surface area contributed by atoms with Gasteiger partial charge >= 0.3 is 0 Å². The minimum Gasteiger partial charge on any atom is -0.497 e. The summed E-state index contributed by atoms with van der Waals surface area (Å²) in [6, 6.07) is 7.45. The van der Waals surface area contributed by atoms with Gasteiger partial charge in [-0.05, 0) is 37.7 Å². The van der Waals surface area contributed by atoms with Crippen LogP contribution in [0.1, 0.15) is 24.2 Å². The number of rotatable bonds is 8. The van der Waals surface area contributed by atoms with Crippen LogP contribution in [0.3, 0.4) is 0 Å². The SMILES string of the molecule is CCN(CC(=O)c1ccc(OC)cc1)C(C)COC. The maximum absolute atomic E-state index is 12.2. The molecule has 0 saturated carbocycles. The fourth-order valence-electron chi connectivity index (χ4n) is 1.98. The van der Waals surface area contributed by atoms with Crippen molar-refractivity contribution in [1.82, 2.24) is 4.90 Å². The second kappa shape index (κ2) is 7.92. The van der Waals surface area contributed by atoms with Crippen molar-refractivity contribution in [2.75, 3.05) is 33.9 Å². The predicted octanol–water partition coefficient (Wildman–Crippen LogP) is 2.23. The standard InChI is InChI=1S/C15H23NO3/c1-5-16(12(2)11-18-3)10-15(17)13-6-8-14(19-4)9-7-13/h6-9,12H,5,10-11H2,1-4H3. The number of methoxy groups -OCH3 is 2. The van der Waals surface area contributed by atoms with Crippen LogP contribution in [0, 0.1) is 0 Å². The average Bonchev–Trinajstić information content (AvgIpc) is 2.44. The molecule has 0 fully saturated rings. The molecular weight excluding hydrogens is 242 g/mol. The topological polar surface area (TPSA) is 38.8 Å². The molecule has 4 nitrogen and oxygen atoms in total. The molecule has 0 amide bonds. The number of likely N-dealkylation sites (N-methyl/N-ethyl adjacent to an activating group) is 1. The molecule has 1 rings (SSSR count). The maximum Gasteiger partial charge on any atom is 0.176 e. The largest absolute Gasteiger partial charge is 0.497 e. The van der Waals surface area contributed by atoms with Crippen molar-refractivity contribution < 1.29 is 14.3 Å². The highest BCUT2D eigenvalue weighted by Crippen LogP contribution is 2.12. The van der Waals surface area contributed by atoms with Crippen LogP contribution >= 0.6 is 0 Å². The lowest BCUT2D eigenvalue weighted by molar-refractivity contribution is 0.0788. The molecule has 0 radical (unpaired) electrons. The van der Waals surface area contributed by atoms with Gasteiger partial charge in [-0.3, -0.25) is 9.69 Å². The summed E-state index contributed by atoms with van der Waals surface area (Å²) in [5.74, 6) is 0.879. The third-order valence-electron chi connectivity index (χ3n) is 3.20. The molecule has 1 atom stereocenters. The van der Waals surface area contributed by atoms with Gasteiger partial charge in [-0.1, -0.05) is 6.92 Å². The molecule has 1 aromatic rings. The van der Waals surface area contributed by atoms with Gasteiger partial charge in [0.2, 0.25) is 0 Å². The highest BCUT2D eigenvalue weighted by molar-refractivity contribution is 5.97. The van der Waals surface area contributed by atoms with Crippen LogP contribution in [0.5, 0.6) is 5.75 Å². The molecule has 106 valence electrons. The van der Waals surface area contributed by atoms with Gasteiger partial charge in [-0.2, -0.15) is 0 Å². The number of ether oxygens (including phenoxy) is 2. The Kier molecular flexibility index (Phi) is 6.53. The second-order valence-corrected chi connectivity index (χ2v) is 4.52. The van der Waals surface area contributed by atoms with E-state index in [1.807, 2.05) is 19.1 Å². The summed E-state index contributed by atoms with van der Waals surface area (Å²) in [5.41, 5.74) is 0.712. The van der Waals surface area contributed by atoms with Crippen molar-refractivity contribution in [3.63, 3.8) is 0 Å². The maximum atomic E-state index is 12.2. The van der Waals surface area contributed by atoms with Gasteiger partial charge in [0.1, 0.15) is 5.75 Å². The fraction of sp³-hybridized carbons (Fsp3) is 0.533. The lowest BCUT2D eigenvalue weighted by Gasteiger charge is -2.26. The first-order chi connectivity index (χ1) is 9.12. The van der Waals surface area contributed by atoms with Gasteiger partial charge in [0.15, 0.2) is 5.78 Å². The van der Waals surface area contributed by atoms with E-state index in [0.717, 1.165) is 12.3 Å². The normalized spacial score (nSPS) is 12.5. The smallest absolute Gasteiger partial charge is 0.176 e. The minimum absolute atomic E-state index is 0.118. The summed E-state index contributed by atoms with van der Waals surface area (Å²) < 4.78 is 10.2. The Morgan fingerprint density at radius 3 is 2.37 bits per heavy atom. The van der Waals surface area contributed by atoms with Crippen LogP contribution in [-0.2, 0) is 4.74 Å². The highest BCUT2D eigenvalue weighted by Gasteiger charge is 2.16. The van der Waals surface area contributed by atoms with E-state index in [-0.39, 0.29) is 11.8 Å². The predicted molar refractivity (Wildman–Crippen MR) is 75.9 cm³/mol. The Labute approximate surface area is 115 Å². The van der Waals surface area contributed by atoms with E-state index in [9.17, 15) is 4.79 Å². The van der Waals surface area contributed by atoms with E-state index < -0.39 is 0 Å². The van der Waals surface area contributed by atoms with Gasteiger partial charge in [-0.15, -0.1) is 0 Å². The van der Waals surface area contributed by atoms with Crippen molar-refractivity contribution in [1.29, 1.82) is 0 Å². The number of carbonyl (C=O) groups is 1. The Morgan fingerprint density at radius 2 is 1.89 bits per heavy atom. The molecule has 0 aliphatic heterocycles. The number of hydrogen-bond donors (Lipinski definition) is 0. The Hall–Kier alpha value is -1.39. The average molecular weight is 265 g/mol. The zero-order chi connectivity index (χ0) is 14.3. The van der Waals surface area contributed by atoms with E-state index >= 15 is 0 Å². The Balaban J connectivity index is 2.65. The van der Waals surface area contributed by atoms with Crippen LogP contribution < -0.4 is 4.74 Å². The summed E-state index contributed by atoms with van der Waals surface area (Å²) in [6.45, 7) is 5.98. The zero-order valence-corrected chi connectivity index (χ0v) is 12.2. The molecule has 0 saturated heterocycles. The van der Waals surface area contributed by atoms with Gasteiger partial charge < -0.3 is 9.47 Å². The first-order valence-corrected chi connectivity index (χ1v) is 6.52. The lowest BCUT2D eigenvalue weighted by Crippen LogP contribution is -2.39. The zero-order valence-electron chi connectivity index (χ0n) is 12.2. The van der Waals surface area contributed by atoms with Crippen LogP contribution in [0.4, 0.5) is 0 Å². The molecule has 19 heavy (non-hydrogen) atoms. The van der Waals surface area contributed by atoms with Crippen LogP contribution in [0.2, 0.25) is 0 Å². The van der Waals surface area contributed by atoms with Crippen molar-refractivity contribution >= 4 is 5.78 Å². The van der Waals surface area contributed by atoms with E-state index in [0.29, 0.717) is 18.7 Å². The molecular formula is C15H23NO3. The summed E-state index contributed by atoms with van der Waals surface area (Å²) in [4.78, 5) is 14.3. The number of ketones is 1. The lowest BCUT2D eigenvalue weighted by atomic mass is 10.1. The molecule has 0 bridgehead atoms. The van der Waals surface area contributed by atoms with E-state index in [1.165, 1.54) is 0 Å². The fourth-order valence-corrected chi connectivity index (χ4v) is 1.98. The number of hydrogen-bond acceptors (Lipinski definition) is 4. The van der Waals surface area contributed by atoms with Crippen molar-refractivity contribution in [3.05, 3.63) is 29.8 Å². The monoisotopic (exact) mass is 265 g/mol. The van der Waals surface area contributed by atoms with Crippen LogP contribution in [0.15, 0.2) is 24.3 Å². The van der Waals surface area contributed by atoms with Gasteiger partial charge in [-0.25, -0.2) is 0 Å². The number of nitrogens with zero attached hydrogens (tertiary/aromatic N) is 1. The summed E-state index contributed by atoms with van der Waals surface area (Å²) >= 11 is 0. The van der Waals surface area contributed by atoms with Gasteiger partial charge in [0.05, 0.1) is 20.3 Å². The summed E-state index contributed by atoms with van der Waals surface area (Å²) in [6.07, 6.45) is 0. The highest BCUT2D eigenvalue weighted by atomic mass is 16.5. The molecule has 0 aliphatic rings.